The maximum atomic E-state index is 10.4. The van der Waals surface area contributed by atoms with Gasteiger partial charge in [-0.3, -0.25) is 4.79 Å². The lowest BCUT2D eigenvalue weighted by atomic mass is 9.93. The summed E-state index contributed by atoms with van der Waals surface area (Å²) >= 11 is 5.82. The summed E-state index contributed by atoms with van der Waals surface area (Å²) < 4.78 is 4.94. The minimum absolute atomic E-state index is 0.168. The summed E-state index contributed by atoms with van der Waals surface area (Å²) in [4.78, 5) is 10.4. The van der Waals surface area contributed by atoms with E-state index >= 15 is 0 Å². The lowest BCUT2D eigenvalue weighted by molar-refractivity contribution is 0.111. The molecule has 0 spiro atoms. The van der Waals surface area contributed by atoms with Gasteiger partial charge < -0.3 is 4.52 Å². The fourth-order valence-corrected chi connectivity index (χ4v) is 1.23. The van der Waals surface area contributed by atoms with Crippen molar-refractivity contribution in [3.05, 3.63) is 16.5 Å². The highest BCUT2D eigenvalue weighted by Crippen LogP contribution is 2.30. The van der Waals surface area contributed by atoms with E-state index in [1.807, 2.05) is 20.8 Å². The first-order valence-corrected chi connectivity index (χ1v) is 3.95. The predicted molar refractivity (Wildman–Crippen MR) is 45.6 cm³/mol. The van der Waals surface area contributed by atoms with Crippen molar-refractivity contribution in [2.75, 3.05) is 0 Å². The number of aldehydes is 1. The number of rotatable bonds is 1. The molecule has 12 heavy (non-hydrogen) atoms. The molecule has 0 aromatic carbocycles. The molecule has 0 saturated carbocycles. The summed E-state index contributed by atoms with van der Waals surface area (Å²) in [5.41, 5.74) is -0.0488. The van der Waals surface area contributed by atoms with E-state index in [2.05, 4.69) is 5.16 Å². The molecule has 66 valence electrons. The van der Waals surface area contributed by atoms with E-state index in [4.69, 9.17) is 16.1 Å². The van der Waals surface area contributed by atoms with Crippen LogP contribution in [0.25, 0.3) is 0 Å². The molecule has 1 rings (SSSR count). The number of carbonyl (C=O) groups is 1. The summed E-state index contributed by atoms with van der Waals surface area (Å²) in [6.45, 7) is 5.82. The first-order valence-electron chi connectivity index (χ1n) is 3.57. The number of aromatic nitrogens is 1. The van der Waals surface area contributed by atoms with Crippen LogP contribution in [0.4, 0.5) is 0 Å². The topological polar surface area (TPSA) is 43.1 Å². The van der Waals surface area contributed by atoms with Gasteiger partial charge in [0.05, 0.1) is 0 Å². The fraction of sp³-hybridized carbons (Fsp3) is 0.500. The van der Waals surface area contributed by atoms with Crippen molar-refractivity contribution >= 4 is 17.9 Å². The predicted octanol–water partition coefficient (Wildman–Crippen LogP) is 2.44. The third-order valence-corrected chi connectivity index (χ3v) is 1.82. The van der Waals surface area contributed by atoms with Gasteiger partial charge in [-0.15, -0.1) is 0 Å². The molecule has 1 aromatic rings. The molecule has 0 unspecified atom stereocenters. The van der Waals surface area contributed by atoms with Crippen molar-refractivity contribution in [2.24, 2.45) is 0 Å². The molecule has 0 N–H and O–H groups in total. The first-order chi connectivity index (χ1) is 5.46. The van der Waals surface area contributed by atoms with Gasteiger partial charge in [0.25, 0.3) is 0 Å². The molecule has 3 nitrogen and oxygen atoms in total. The number of carbonyl (C=O) groups excluding carboxylic acids is 1. The summed E-state index contributed by atoms with van der Waals surface area (Å²) in [7, 11) is 0. The van der Waals surface area contributed by atoms with Crippen molar-refractivity contribution in [1.82, 2.24) is 5.16 Å². The highest BCUT2D eigenvalue weighted by molar-refractivity contribution is 6.33. The third-order valence-electron chi connectivity index (χ3n) is 1.45. The molecule has 0 atom stereocenters. The normalized spacial score (nSPS) is 11.7. The van der Waals surface area contributed by atoms with Crippen molar-refractivity contribution in [2.45, 2.75) is 26.2 Å². The SMILES string of the molecule is CC(C)(C)c1onc(C=O)c1Cl. The Labute approximate surface area is 75.7 Å². The van der Waals surface area contributed by atoms with Crippen LogP contribution in [0.1, 0.15) is 37.0 Å². The molecule has 1 heterocycles. The number of halogens is 1. The quantitative estimate of drug-likeness (QED) is 0.635. The van der Waals surface area contributed by atoms with E-state index in [0.717, 1.165) is 0 Å². The van der Waals surface area contributed by atoms with Gasteiger partial charge in [-0.1, -0.05) is 37.5 Å². The molecule has 0 aliphatic heterocycles. The molecule has 0 aliphatic carbocycles. The van der Waals surface area contributed by atoms with Crippen LogP contribution in [-0.2, 0) is 5.41 Å². The zero-order valence-corrected chi connectivity index (χ0v) is 7.97. The Morgan fingerprint density at radius 3 is 2.33 bits per heavy atom. The maximum Gasteiger partial charge on any atom is 0.173 e. The molecule has 0 radical (unpaired) electrons. The third kappa shape index (κ3) is 1.50. The average Bonchev–Trinajstić information content (AvgIpc) is 2.29. The zero-order chi connectivity index (χ0) is 9.35. The molecule has 1 aromatic heterocycles. The zero-order valence-electron chi connectivity index (χ0n) is 7.22. The second kappa shape index (κ2) is 2.90. The largest absolute Gasteiger partial charge is 0.358 e. The van der Waals surface area contributed by atoms with E-state index in [-0.39, 0.29) is 11.1 Å². The molecule has 0 bridgehead atoms. The van der Waals surface area contributed by atoms with Crippen LogP contribution in [0, 0.1) is 0 Å². The van der Waals surface area contributed by atoms with Crippen molar-refractivity contribution in [1.29, 1.82) is 0 Å². The van der Waals surface area contributed by atoms with Crippen LogP contribution in [0.2, 0.25) is 5.02 Å². The van der Waals surface area contributed by atoms with Crippen LogP contribution in [0.5, 0.6) is 0 Å². The van der Waals surface area contributed by atoms with E-state index in [1.54, 1.807) is 0 Å². The Hall–Kier alpha value is -0.830. The number of hydrogen-bond acceptors (Lipinski definition) is 3. The molecular weight excluding hydrogens is 178 g/mol. The molecule has 4 heteroatoms. The first kappa shape index (κ1) is 9.26. The summed E-state index contributed by atoms with van der Waals surface area (Å²) in [6.07, 6.45) is 0.584. The maximum absolute atomic E-state index is 10.4. The Bertz CT molecular complexity index is 298. The van der Waals surface area contributed by atoms with Gasteiger partial charge in [-0.25, -0.2) is 0 Å². The van der Waals surface area contributed by atoms with Gasteiger partial charge in [0.2, 0.25) is 0 Å². The van der Waals surface area contributed by atoms with Gasteiger partial charge in [0.15, 0.2) is 17.7 Å². The minimum atomic E-state index is -0.217. The monoisotopic (exact) mass is 187 g/mol. The Balaban J connectivity index is 3.19. The van der Waals surface area contributed by atoms with Gasteiger partial charge in [-0.2, -0.15) is 0 Å². The highest BCUT2D eigenvalue weighted by Gasteiger charge is 2.25. The number of hydrogen-bond donors (Lipinski definition) is 0. The van der Waals surface area contributed by atoms with Crippen molar-refractivity contribution in [3.8, 4) is 0 Å². The van der Waals surface area contributed by atoms with E-state index in [1.165, 1.54) is 0 Å². The molecule has 0 fully saturated rings. The minimum Gasteiger partial charge on any atom is -0.358 e. The number of nitrogens with zero attached hydrogens (tertiary/aromatic N) is 1. The molecule has 0 aliphatic rings. The second-order valence-corrected chi connectivity index (χ2v) is 3.96. The lowest BCUT2D eigenvalue weighted by Crippen LogP contribution is -2.10. The van der Waals surface area contributed by atoms with Gasteiger partial charge >= 0.3 is 0 Å². The van der Waals surface area contributed by atoms with Crippen molar-refractivity contribution < 1.29 is 9.32 Å². The highest BCUT2D eigenvalue weighted by atomic mass is 35.5. The molecule has 0 amide bonds. The Morgan fingerprint density at radius 1 is 1.50 bits per heavy atom. The Morgan fingerprint density at radius 2 is 2.08 bits per heavy atom. The lowest BCUT2D eigenvalue weighted by Gasteiger charge is -2.13. The van der Waals surface area contributed by atoms with Crippen LogP contribution >= 0.6 is 11.6 Å². The summed E-state index contributed by atoms with van der Waals surface area (Å²) in [5.74, 6) is 0.547. The van der Waals surface area contributed by atoms with Gasteiger partial charge in [-0.05, 0) is 0 Å². The average molecular weight is 188 g/mol. The van der Waals surface area contributed by atoms with Gasteiger partial charge in [0.1, 0.15) is 5.02 Å². The smallest absolute Gasteiger partial charge is 0.173 e. The van der Waals surface area contributed by atoms with E-state index in [0.29, 0.717) is 17.1 Å². The summed E-state index contributed by atoms with van der Waals surface area (Å²) in [6, 6.07) is 0. The fourth-order valence-electron chi connectivity index (χ4n) is 0.831. The van der Waals surface area contributed by atoms with Gasteiger partial charge in [0, 0.05) is 5.41 Å². The van der Waals surface area contributed by atoms with E-state index < -0.39 is 0 Å². The standard InChI is InChI=1S/C8H10ClNO2/c1-8(2,3)7-6(9)5(4-11)10-12-7/h4H,1-3H3. The second-order valence-electron chi connectivity index (χ2n) is 3.58. The van der Waals surface area contributed by atoms with Crippen molar-refractivity contribution in [3.63, 3.8) is 0 Å². The van der Waals surface area contributed by atoms with E-state index in [9.17, 15) is 4.79 Å². The molecule has 0 saturated heterocycles. The van der Waals surface area contributed by atoms with Crippen LogP contribution < -0.4 is 0 Å². The summed E-state index contributed by atoms with van der Waals surface area (Å²) in [5, 5.41) is 3.84. The Kier molecular flexibility index (Phi) is 2.24. The van der Waals surface area contributed by atoms with Crippen LogP contribution in [0.3, 0.4) is 0 Å². The van der Waals surface area contributed by atoms with Crippen LogP contribution in [0.15, 0.2) is 4.52 Å². The molecular formula is C8H10ClNO2. The van der Waals surface area contributed by atoms with Crippen LogP contribution in [-0.4, -0.2) is 11.4 Å².